The predicted octanol–water partition coefficient (Wildman–Crippen LogP) is 0.873. The molecule has 1 fully saturated rings. The number of hydrogen-bond donors (Lipinski definition) is 2. The Morgan fingerprint density at radius 2 is 2.08 bits per heavy atom. The quantitative estimate of drug-likeness (QED) is 0.672. The molecule has 13 heavy (non-hydrogen) atoms. The first-order chi connectivity index (χ1) is 6.27. The molecule has 0 aromatic heterocycles. The average molecular weight is 186 g/mol. The van der Waals surface area contributed by atoms with Crippen LogP contribution in [0.25, 0.3) is 0 Å². The smallest absolute Gasteiger partial charge is 0.314 e. The Morgan fingerprint density at radius 1 is 1.38 bits per heavy atom. The molecule has 4 heteroatoms. The van der Waals surface area contributed by atoms with Crippen LogP contribution in [0.1, 0.15) is 25.7 Å². The van der Waals surface area contributed by atoms with Crippen LogP contribution >= 0.6 is 0 Å². The third-order valence-corrected chi connectivity index (χ3v) is 2.55. The van der Waals surface area contributed by atoms with Crippen LogP contribution in [0.5, 0.6) is 0 Å². The molecule has 0 aromatic carbocycles. The van der Waals surface area contributed by atoms with E-state index >= 15 is 0 Å². The zero-order valence-corrected chi connectivity index (χ0v) is 8.30. The van der Waals surface area contributed by atoms with Crippen molar-refractivity contribution in [2.24, 2.45) is 0 Å². The van der Waals surface area contributed by atoms with Gasteiger partial charge in [0.05, 0.1) is 12.1 Å². The van der Waals surface area contributed by atoms with Crippen LogP contribution in [0.3, 0.4) is 0 Å². The molecule has 0 saturated heterocycles. The van der Waals surface area contributed by atoms with Crippen LogP contribution in [-0.4, -0.2) is 32.3 Å². The van der Waals surface area contributed by atoms with Gasteiger partial charge in [0.1, 0.15) is 0 Å². The van der Waals surface area contributed by atoms with Crippen molar-refractivity contribution in [2.45, 2.75) is 37.8 Å². The Balaban J connectivity index is 2.40. The van der Waals surface area contributed by atoms with Gasteiger partial charge in [0.15, 0.2) is 0 Å². The van der Waals surface area contributed by atoms with Crippen molar-refractivity contribution in [3.05, 3.63) is 0 Å². The average Bonchev–Trinajstić information content (AvgIpc) is 2.18. The first kappa shape index (κ1) is 10.3. The van der Waals surface area contributed by atoms with E-state index in [1.54, 1.807) is 14.2 Å². The Morgan fingerprint density at radius 3 is 2.69 bits per heavy atom. The summed E-state index contributed by atoms with van der Waals surface area (Å²) in [5.41, 5.74) is 0. The maximum absolute atomic E-state index is 11.1. The molecule has 0 heterocycles. The largest absolute Gasteiger partial charge is 0.379 e. The molecule has 2 atom stereocenters. The van der Waals surface area contributed by atoms with E-state index in [-0.39, 0.29) is 18.2 Å². The fraction of sp³-hybridized carbons (Fsp3) is 0.889. The Labute approximate surface area is 79.0 Å². The summed E-state index contributed by atoms with van der Waals surface area (Å²) >= 11 is 0. The molecule has 76 valence electrons. The highest BCUT2D eigenvalue weighted by atomic mass is 16.5. The molecule has 0 radical (unpaired) electrons. The van der Waals surface area contributed by atoms with Gasteiger partial charge in [-0.3, -0.25) is 0 Å². The SMILES string of the molecule is CNC(=O)NC1CCCCC1OC. The Kier molecular flexibility index (Phi) is 4.02. The summed E-state index contributed by atoms with van der Waals surface area (Å²) in [4.78, 5) is 11.1. The molecule has 1 rings (SSSR count). The van der Waals surface area contributed by atoms with E-state index in [2.05, 4.69) is 10.6 Å². The van der Waals surface area contributed by atoms with Crippen molar-refractivity contribution in [3.8, 4) is 0 Å². The predicted molar refractivity (Wildman–Crippen MR) is 50.6 cm³/mol. The fourth-order valence-electron chi connectivity index (χ4n) is 1.78. The highest BCUT2D eigenvalue weighted by Gasteiger charge is 2.25. The van der Waals surface area contributed by atoms with Gasteiger partial charge in [0.2, 0.25) is 0 Å². The minimum absolute atomic E-state index is 0.117. The van der Waals surface area contributed by atoms with Gasteiger partial charge < -0.3 is 15.4 Å². The second-order valence-electron chi connectivity index (χ2n) is 3.39. The summed E-state index contributed by atoms with van der Waals surface area (Å²) < 4.78 is 5.31. The van der Waals surface area contributed by atoms with Crippen LogP contribution in [0.2, 0.25) is 0 Å². The molecule has 1 aliphatic rings. The first-order valence-electron chi connectivity index (χ1n) is 4.79. The van der Waals surface area contributed by atoms with E-state index in [4.69, 9.17) is 4.74 Å². The second-order valence-corrected chi connectivity index (χ2v) is 3.39. The summed E-state index contributed by atoms with van der Waals surface area (Å²) in [7, 11) is 3.33. The number of nitrogens with one attached hydrogen (secondary N) is 2. The minimum atomic E-state index is -0.117. The number of urea groups is 1. The molecule has 1 saturated carbocycles. The van der Waals surface area contributed by atoms with Gasteiger partial charge in [-0.1, -0.05) is 12.8 Å². The summed E-state index contributed by atoms with van der Waals surface area (Å²) in [5, 5.41) is 5.45. The van der Waals surface area contributed by atoms with Crippen LogP contribution in [-0.2, 0) is 4.74 Å². The molecule has 0 bridgehead atoms. The summed E-state index contributed by atoms with van der Waals surface area (Å²) in [6.45, 7) is 0. The minimum Gasteiger partial charge on any atom is -0.379 e. The molecule has 4 nitrogen and oxygen atoms in total. The first-order valence-corrected chi connectivity index (χ1v) is 4.79. The molecule has 2 N–H and O–H groups in total. The number of ether oxygens (including phenoxy) is 1. The normalized spacial score (nSPS) is 28.2. The van der Waals surface area contributed by atoms with Crippen molar-refractivity contribution in [2.75, 3.05) is 14.2 Å². The Bertz CT molecular complexity index is 173. The van der Waals surface area contributed by atoms with Gasteiger partial charge >= 0.3 is 6.03 Å². The second kappa shape index (κ2) is 5.07. The number of methoxy groups -OCH3 is 1. The van der Waals surface area contributed by atoms with Gasteiger partial charge in [-0.2, -0.15) is 0 Å². The number of hydrogen-bond acceptors (Lipinski definition) is 2. The lowest BCUT2D eigenvalue weighted by Crippen LogP contribution is -2.48. The summed E-state index contributed by atoms with van der Waals surface area (Å²) in [6.07, 6.45) is 4.63. The summed E-state index contributed by atoms with van der Waals surface area (Å²) in [5.74, 6) is 0. The molecule has 2 unspecified atom stereocenters. The van der Waals surface area contributed by atoms with Gasteiger partial charge in [-0.05, 0) is 12.8 Å². The molecular weight excluding hydrogens is 168 g/mol. The molecule has 0 aliphatic heterocycles. The number of carbonyl (C=O) groups excluding carboxylic acids is 1. The third kappa shape index (κ3) is 2.88. The van der Waals surface area contributed by atoms with Crippen LogP contribution < -0.4 is 10.6 Å². The van der Waals surface area contributed by atoms with Crippen molar-refractivity contribution in [3.63, 3.8) is 0 Å². The lowest BCUT2D eigenvalue weighted by molar-refractivity contribution is 0.0453. The fourth-order valence-corrected chi connectivity index (χ4v) is 1.78. The number of amides is 2. The zero-order valence-electron chi connectivity index (χ0n) is 8.30. The number of carbonyl (C=O) groups is 1. The van der Waals surface area contributed by atoms with Crippen LogP contribution in [0, 0.1) is 0 Å². The number of rotatable bonds is 2. The van der Waals surface area contributed by atoms with E-state index in [9.17, 15) is 4.79 Å². The van der Waals surface area contributed by atoms with E-state index in [0.29, 0.717) is 0 Å². The van der Waals surface area contributed by atoms with E-state index < -0.39 is 0 Å². The van der Waals surface area contributed by atoms with E-state index in [0.717, 1.165) is 12.8 Å². The maximum atomic E-state index is 11.1. The topological polar surface area (TPSA) is 50.4 Å². The molecular formula is C9H18N2O2. The monoisotopic (exact) mass is 186 g/mol. The highest BCUT2D eigenvalue weighted by molar-refractivity contribution is 5.73. The molecule has 2 amide bonds. The van der Waals surface area contributed by atoms with Crippen molar-refractivity contribution in [1.82, 2.24) is 10.6 Å². The Hall–Kier alpha value is -0.770. The van der Waals surface area contributed by atoms with Crippen LogP contribution in [0.4, 0.5) is 4.79 Å². The lowest BCUT2D eigenvalue weighted by Gasteiger charge is -2.30. The molecule has 0 aromatic rings. The van der Waals surface area contributed by atoms with Gasteiger partial charge in [-0.25, -0.2) is 4.79 Å². The van der Waals surface area contributed by atoms with Crippen LogP contribution in [0.15, 0.2) is 0 Å². The molecule has 0 spiro atoms. The standard InChI is InChI=1S/C9H18N2O2/c1-10-9(12)11-7-5-3-4-6-8(7)13-2/h7-8H,3-6H2,1-2H3,(H2,10,11,12). The summed E-state index contributed by atoms with van der Waals surface area (Å²) in [6, 6.07) is 0.0626. The van der Waals surface area contributed by atoms with Crippen molar-refractivity contribution < 1.29 is 9.53 Å². The lowest BCUT2D eigenvalue weighted by atomic mass is 9.92. The zero-order chi connectivity index (χ0) is 9.68. The van der Waals surface area contributed by atoms with E-state index in [1.807, 2.05) is 0 Å². The van der Waals surface area contributed by atoms with Gasteiger partial charge in [-0.15, -0.1) is 0 Å². The van der Waals surface area contributed by atoms with Gasteiger partial charge in [0.25, 0.3) is 0 Å². The van der Waals surface area contributed by atoms with E-state index in [1.165, 1.54) is 12.8 Å². The molecule has 1 aliphatic carbocycles. The third-order valence-electron chi connectivity index (χ3n) is 2.55. The highest BCUT2D eigenvalue weighted by Crippen LogP contribution is 2.20. The van der Waals surface area contributed by atoms with Crippen molar-refractivity contribution >= 4 is 6.03 Å². The van der Waals surface area contributed by atoms with Gasteiger partial charge in [0, 0.05) is 14.2 Å². The van der Waals surface area contributed by atoms with Crippen molar-refractivity contribution in [1.29, 1.82) is 0 Å². The maximum Gasteiger partial charge on any atom is 0.314 e.